The van der Waals surface area contributed by atoms with Crippen LogP contribution in [-0.2, 0) is 9.59 Å². The SMILES string of the molecule is CC(C)[C@H](C)C(=O)N1C(=O)C2CCC1(C)C2(C)C. The molecule has 1 aliphatic carbocycles. The van der Waals surface area contributed by atoms with Crippen LogP contribution in [0.2, 0.25) is 0 Å². The molecule has 0 N–H and O–H groups in total. The van der Waals surface area contributed by atoms with Crippen molar-refractivity contribution in [3.8, 4) is 0 Å². The van der Waals surface area contributed by atoms with Gasteiger partial charge in [-0.15, -0.1) is 0 Å². The minimum Gasteiger partial charge on any atom is -0.276 e. The van der Waals surface area contributed by atoms with Crippen molar-refractivity contribution in [2.45, 2.75) is 59.9 Å². The van der Waals surface area contributed by atoms with Crippen LogP contribution in [0.25, 0.3) is 0 Å². The third-order valence-electron chi connectivity index (χ3n) is 5.80. The highest BCUT2D eigenvalue weighted by molar-refractivity contribution is 6.01. The van der Waals surface area contributed by atoms with Crippen molar-refractivity contribution < 1.29 is 9.59 Å². The highest BCUT2D eigenvalue weighted by Gasteiger charge is 2.67. The number of piperidine rings is 1. The molecule has 1 saturated carbocycles. The van der Waals surface area contributed by atoms with Gasteiger partial charge < -0.3 is 0 Å². The second kappa shape index (κ2) is 3.82. The van der Waals surface area contributed by atoms with Crippen molar-refractivity contribution >= 4 is 11.8 Å². The van der Waals surface area contributed by atoms with E-state index in [0.717, 1.165) is 12.8 Å². The Morgan fingerprint density at radius 3 is 2.22 bits per heavy atom. The van der Waals surface area contributed by atoms with Gasteiger partial charge in [0.15, 0.2) is 0 Å². The summed E-state index contributed by atoms with van der Waals surface area (Å²) in [4.78, 5) is 26.6. The summed E-state index contributed by atoms with van der Waals surface area (Å²) in [5.41, 5.74) is -0.370. The molecule has 2 unspecified atom stereocenters. The topological polar surface area (TPSA) is 37.4 Å². The van der Waals surface area contributed by atoms with Gasteiger partial charge in [0.25, 0.3) is 0 Å². The molecule has 2 amide bonds. The average molecular weight is 251 g/mol. The molecule has 3 atom stereocenters. The third-order valence-corrected chi connectivity index (χ3v) is 5.80. The molecule has 0 spiro atoms. The van der Waals surface area contributed by atoms with Crippen molar-refractivity contribution in [2.24, 2.45) is 23.2 Å². The number of fused-ring (bicyclic) bond motifs is 2. The van der Waals surface area contributed by atoms with Gasteiger partial charge >= 0.3 is 0 Å². The Balaban J connectivity index is 2.36. The average Bonchev–Trinajstić information content (AvgIpc) is 2.56. The first kappa shape index (κ1) is 13.6. The first-order valence-electron chi connectivity index (χ1n) is 7.02. The second-order valence-electron chi connectivity index (χ2n) is 7.13. The van der Waals surface area contributed by atoms with Gasteiger partial charge in [0, 0.05) is 11.8 Å². The number of imide groups is 1. The predicted octanol–water partition coefficient (Wildman–Crippen LogP) is 2.84. The van der Waals surface area contributed by atoms with Gasteiger partial charge in [0.05, 0.1) is 5.54 Å². The lowest BCUT2D eigenvalue weighted by atomic mass is 9.74. The summed E-state index contributed by atoms with van der Waals surface area (Å²) in [5.74, 6) is 0.307. The molecular weight excluding hydrogens is 226 g/mol. The molecule has 3 nitrogen and oxygen atoms in total. The summed E-state index contributed by atoms with van der Waals surface area (Å²) < 4.78 is 0. The Labute approximate surface area is 110 Å². The molecule has 1 saturated heterocycles. The fourth-order valence-corrected chi connectivity index (χ4v) is 3.56. The van der Waals surface area contributed by atoms with Crippen LogP contribution in [0.1, 0.15) is 54.4 Å². The maximum absolute atomic E-state index is 12.6. The van der Waals surface area contributed by atoms with E-state index in [1.807, 2.05) is 20.8 Å². The first-order valence-corrected chi connectivity index (χ1v) is 7.02. The molecule has 3 heteroatoms. The minimum absolute atomic E-state index is 0.0211. The van der Waals surface area contributed by atoms with Gasteiger partial charge in [-0.1, -0.05) is 34.6 Å². The molecular formula is C15H25NO2. The Bertz CT molecular complexity index is 399. The van der Waals surface area contributed by atoms with Crippen LogP contribution in [0.4, 0.5) is 0 Å². The van der Waals surface area contributed by atoms with E-state index in [4.69, 9.17) is 0 Å². The predicted molar refractivity (Wildman–Crippen MR) is 70.8 cm³/mol. The van der Waals surface area contributed by atoms with Crippen LogP contribution in [0.5, 0.6) is 0 Å². The Kier molecular flexibility index (Phi) is 2.88. The molecule has 2 bridgehead atoms. The van der Waals surface area contributed by atoms with Gasteiger partial charge in [-0.3, -0.25) is 14.5 Å². The number of rotatable bonds is 2. The standard InChI is InChI=1S/C15H25NO2/c1-9(2)10(3)12(17)16-13(18)11-7-8-15(16,6)14(11,4)5/h9-11H,7-8H2,1-6H3/t10-,11?,15?/m0/s1. The molecule has 102 valence electrons. The van der Waals surface area contributed by atoms with E-state index in [9.17, 15) is 9.59 Å². The quantitative estimate of drug-likeness (QED) is 0.756. The molecule has 0 radical (unpaired) electrons. The number of hydrogen-bond acceptors (Lipinski definition) is 2. The minimum atomic E-state index is -0.283. The molecule has 2 rings (SSSR count). The number of carbonyl (C=O) groups is 2. The van der Waals surface area contributed by atoms with Gasteiger partial charge in [-0.25, -0.2) is 0 Å². The van der Waals surface area contributed by atoms with E-state index in [1.165, 1.54) is 0 Å². The van der Waals surface area contributed by atoms with E-state index in [0.29, 0.717) is 0 Å². The fourth-order valence-electron chi connectivity index (χ4n) is 3.56. The number of nitrogens with zero attached hydrogens (tertiary/aromatic N) is 1. The van der Waals surface area contributed by atoms with Gasteiger partial charge in [0.2, 0.25) is 11.8 Å². The summed E-state index contributed by atoms with van der Waals surface area (Å²) >= 11 is 0. The van der Waals surface area contributed by atoms with Crippen LogP contribution in [0.15, 0.2) is 0 Å². The zero-order valence-corrected chi connectivity index (χ0v) is 12.4. The molecule has 0 aromatic heterocycles. The van der Waals surface area contributed by atoms with E-state index in [2.05, 4.69) is 20.8 Å². The molecule has 1 heterocycles. The smallest absolute Gasteiger partial charge is 0.233 e. The van der Waals surface area contributed by atoms with Crippen LogP contribution in [0, 0.1) is 23.2 Å². The van der Waals surface area contributed by atoms with Crippen LogP contribution in [0.3, 0.4) is 0 Å². The zero-order valence-electron chi connectivity index (χ0n) is 12.4. The fraction of sp³-hybridized carbons (Fsp3) is 0.867. The van der Waals surface area contributed by atoms with Crippen molar-refractivity contribution in [3.05, 3.63) is 0 Å². The van der Waals surface area contributed by atoms with Crippen molar-refractivity contribution in [3.63, 3.8) is 0 Å². The number of hydrogen-bond donors (Lipinski definition) is 0. The maximum atomic E-state index is 12.6. The number of likely N-dealkylation sites (tertiary alicyclic amines) is 1. The molecule has 2 fully saturated rings. The molecule has 2 aliphatic rings. The van der Waals surface area contributed by atoms with Crippen molar-refractivity contribution in [2.75, 3.05) is 0 Å². The van der Waals surface area contributed by atoms with Crippen LogP contribution < -0.4 is 0 Å². The lowest BCUT2D eigenvalue weighted by Gasteiger charge is -2.41. The Morgan fingerprint density at radius 1 is 1.28 bits per heavy atom. The summed E-state index contributed by atoms with van der Waals surface area (Å²) in [6.45, 7) is 12.4. The summed E-state index contributed by atoms with van der Waals surface area (Å²) in [5, 5.41) is 0. The van der Waals surface area contributed by atoms with Gasteiger partial charge in [0.1, 0.15) is 0 Å². The molecule has 18 heavy (non-hydrogen) atoms. The zero-order chi connectivity index (χ0) is 13.9. The monoisotopic (exact) mass is 251 g/mol. The van der Waals surface area contributed by atoms with Crippen LogP contribution in [-0.4, -0.2) is 22.3 Å². The summed E-state index contributed by atoms with van der Waals surface area (Å²) in [6.07, 6.45) is 1.88. The highest BCUT2D eigenvalue weighted by atomic mass is 16.2. The normalized spacial score (nSPS) is 35.4. The lowest BCUT2D eigenvalue weighted by Crippen LogP contribution is -2.54. The summed E-state index contributed by atoms with van der Waals surface area (Å²) in [7, 11) is 0. The van der Waals surface area contributed by atoms with Gasteiger partial charge in [-0.2, -0.15) is 0 Å². The molecule has 0 aromatic rings. The van der Waals surface area contributed by atoms with E-state index < -0.39 is 0 Å². The lowest BCUT2D eigenvalue weighted by molar-refractivity contribution is -0.154. The van der Waals surface area contributed by atoms with E-state index >= 15 is 0 Å². The Morgan fingerprint density at radius 2 is 1.83 bits per heavy atom. The number of carbonyl (C=O) groups excluding carboxylic acids is 2. The number of amides is 2. The van der Waals surface area contributed by atoms with E-state index in [1.54, 1.807) is 4.90 Å². The summed E-state index contributed by atoms with van der Waals surface area (Å²) in [6, 6.07) is 0. The van der Waals surface area contributed by atoms with Crippen molar-refractivity contribution in [1.29, 1.82) is 0 Å². The van der Waals surface area contributed by atoms with Crippen molar-refractivity contribution in [1.82, 2.24) is 4.90 Å². The van der Waals surface area contributed by atoms with E-state index in [-0.39, 0.29) is 40.5 Å². The highest BCUT2D eigenvalue weighted by Crippen LogP contribution is 2.59. The largest absolute Gasteiger partial charge is 0.276 e. The molecule has 0 aromatic carbocycles. The Hall–Kier alpha value is -0.860. The third kappa shape index (κ3) is 1.42. The van der Waals surface area contributed by atoms with Gasteiger partial charge in [-0.05, 0) is 31.1 Å². The second-order valence-corrected chi connectivity index (χ2v) is 7.13. The molecule has 1 aliphatic heterocycles. The maximum Gasteiger partial charge on any atom is 0.233 e. The van der Waals surface area contributed by atoms with Crippen LogP contribution >= 0.6 is 0 Å². The first-order chi connectivity index (χ1) is 8.14.